The van der Waals surface area contributed by atoms with Gasteiger partial charge in [-0.05, 0) is 65.7 Å². The van der Waals surface area contributed by atoms with Crippen LogP contribution >= 0.6 is 15.9 Å². The number of halogens is 1. The number of esters is 1. The molecule has 0 bridgehead atoms. The Morgan fingerprint density at radius 2 is 1.88 bits per heavy atom. The number of rotatable bonds is 7. The van der Waals surface area contributed by atoms with Crippen molar-refractivity contribution >= 4 is 33.5 Å². The van der Waals surface area contributed by atoms with Gasteiger partial charge in [0, 0.05) is 4.47 Å². The fourth-order valence-electron chi connectivity index (χ4n) is 2.19. The number of hydrogen-bond donors (Lipinski definition) is 1. The highest BCUT2D eigenvalue weighted by Gasteiger charge is 2.14. The Morgan fingerprint density at radius 3 is 2.54 bits per heavy atom. The molecular weight excluding hydrogens is 402 g/mol. The van der Waals surface area contributed by atoms with Crippen molar-refractivity contribution in [2.24, 2.45) is 0 Å². The minimum absolute atomic E-state index is 0.273. The van der Waals surface area contributed by atoms with Crippen LogP contribution in [0.2, 0.25) is 0 Å². The molecule has 0 aliphatic carbocycles. The number of aryl methyl sites for hydroxylation is 1. The van der Waals surface area contributed by atoms with Gasteiger partial charge in [0.05, 0.1) is 25.0 Å². The third-order valence-electron chi connectivity index (χ3n) is 3.43. The van der Waals surface area contributed by atoms with E-state index in [1.54, 1.807) is 18.2 Å². The van der Waals surface area contributed by atoms with Crippen LogP contribution in [0.3, 0.4) is 0 Å². The highest BCUT2D eigenvalue weighted by molar-refractivity contribution is 9.10. The van der Waals surface area contributed by atoms with E-state index in [9.17, 15) is 9.59 Å². The molecule has 0 spiro atoms. The lowest BCUT2D eigenvalue weighted by Crippen LogP contribution is -2.21. The van der Waals surface area contributed by atoms with Gasteiger partial charge in [-0.2, -0.15) is 0 Å². The molecule has 26 heavy (non-hydrogen) atoms. The number of hydrogen-bond acceptors (Lipinski definition) is 5. The fourth-order valence-corrected chi connectivity index (χ4v) is 2.78. The molecule has 1 N–H and O–H groups in total. The summed E-state index contributed by atoms with van der Waals surface area (Å²) in [4.78, 5) is 24.1. The molecule has 2 aromatic rings. The average Bonchev–Trinajstić information content (AvgIpc) is 2.62. The number of carbonyl (C=O) groups excluding carboxylic acids is 2. The number of benzene rings is 2. The Labute approximate surface area is 160 Å². The maximum Gasteiger partial charge on any atom is 0.338 e. The van der Waals surface area contributed by atoms with Crippen LogP contribution in [0.4, 0.5) is 5.69 Å². The van der Waals surface area contributed by atoms with E-state index in [-0.39, 0.29) is 5.56 Å². The lowest BCUT2D eigenvalue weighted by molar-refractivity contribution is -0.119. The van der Waals surface area contributed by atoms with Gasteiger partial charge in [-0.25, -0.2) is 4.79 Å². The molecule has 0 heterocycles. The van der Waals surface area contributed by atoms with Crippen molar-refractivity contribution in [2.45, 2.75) is 13.8 Å². The van der Waals surface area contributed by atoms with Gasteiger partial charge in [-0.3, -0.25) is 4.79 Å². The molecule has 0 aromatic heterocycles. The number of amides is 1. The molecule has 0 fully saturated rings. The summed E-state index contributed by atoms with van der Waals surface area (Å²) in [6, 6.07) is 10.2. The van der Waals surface area contributed by atoms with Crippen LogP contribution < -0.4 is 14.8 Å². The first kappa shape index (κ1) is 19.8. The molecule has 0 saturated carbocycles. The van der Waals surface area contributed by atoms with Crippen molar-refractivity contribution in [3.05, 3.63) is 52.0 Å². The number of carbonyl (C=O) groups is 2. The first-order valence-corrected chi connectivity index (χ1v) is 8.77. The molecule has 7 heteroatoms. The van der Waals surface area contributed by atoms with Crippen molar-refractivity contribution in [1.29, 1.82) is 0 Å². The molecule has 0 atom stereocenters. The normalized spacial score (nSPS) is 10.2. The van der Waals surface area contributed by atoms with E-state index < -0.39 is 18.5 Å². The highest BCUT2D eigenvalue weighted by atomic mass is 79.9. The van der Waals surface area contributed by atoms with Gasteiger partial charge in [-0.1, -0.05) is 6.07 Å². The molecule has 0 radical (unpaired) electrons. The van der Waals surface area contributed by atoms with E-state index in [0.717, 1.165) is 10.0 Å². The van der Waals surface area contributed by atoms with Crippen molar-refractivity contribution in [2.75, 3.05) is 25.6 Å². The summed E-state index contributed by atoms with van der Waals surface area (Å²) >= 11 is 3.38. The minimum atomic E-state index is -0.621. The second kappa shape index (κ2) is 9.24. The Morgan fingerprint density at radius 1 is 1.12 bits per heavy atom. The molecule has 2 aromatic carbocycles. The average molecular weight is 422 g/mol. The summed E-state index contributed by atoms with van der Waals surface area (Å²) in [7, 11) is 1.49. The zero-order valence-corrected chi connectivity index (χ0v) is 16.4. The molecule has 0 saturated heterocycles. The smallest absolute Gasteiger partial charge is 0.338 e. The van der Waals surface area contributed by atoms with Gasteiger partial charge >= 0.3 is 5.97 Å². The van der Waals surface area contributed by atoms with Crippen molar-refractivity contribution in [1.82, 2.24) is 0 Å². The Kier molecular flexibility index (Phi) is 7.03. The summed E-state index contributed by atoms with van der Waals surface area (Å²) < 4.78 is 16.4. The number of ether oxygens (including phenoxy) is 3. The zero-order valence-electron chi connectivity index (χ0n) is 14.8. The van der Waals surface area contributed by atoms with Gasteiger partial charge in [0.25, 0.3) is 5.91 Å². The van der Waals surface area contributed by atoms with Crippen LogP contribution in [-0.2, 0) is 9.53 Å². The second-order valence-corrected chi connectivity index (χ2v) is 6.26. The van der Waals surface area contributed by atoms with E-state index in [2.05, 4.69) is 21.2 Å². The number of methoxy groups -OCH3 is 1. The van der Waals surface area contributed by atoms with Gasteiger partial charge < -0.3 is 19.5 Å². The minimum Gasteiger partial charge on any atom is -0.493 e. The summed E-state index contributed by atoms with van der Waals surface area (Å²) in [5.41, 5.74) is 1.94. The Balaban J connectivity index is 1.96. The number of anilines is 1. The maximum atomic E-state index is 12.1. The van der Waals surface area contributed by atoms with E-state index in [0.29, 0.717) is 23.8 Å². The quantitative estimate of drug-likeness (QED) is 0.684. The fraction of sp³-hybridized carbons (Fsp3) is 0.263. The summed E-state index contributed by atoms with van der Waals surface area (Å²) in [5, 5.41) is 2.68. The standard InChI is InChI=1S/C19H20BrNO5/c1-4-25-16-8-6-13(10-17(16)24-3)19(23)26-11-18(22)21-15-7-5-12(2)9-14(15)20/h5-10H,4,11H2,1-3H3,(H,21,22). The lowest BCUT2D eigenvalue weighted by Gasteiger charge is -2.11. The van der Waals surface area contributed by atoms with E-state index in [4.69, 9.17) is 14.2 Å². The van der Waals surface area contributed by atoms with Crippen LogP contribution in [0.5, 0.6) is 11.5 Å². The Hall–Kier alpha value is -2.54. The molecule has 6 nitrogen and oxygen atoms in total. The first-order chi connectivity index (χ1) is 12.4. The topological polar surface area (TPSA) is 73.9 Å². The molecule has 2 rings (SSSR count). The molecule has 0 aliphatic heterocycles. The third kappa shape index (κ3) is 5.23. The van der Waals surface area contributed by atoms with Gasteiger partial charge in [-0.15, -0.1) is 0 Å². The van der Waals surface area contributed by atoms with Crippen LogP contribution in [0, 0.1) is 6.92 Å². The molecule has 1 amide bonds. The lowest BCUT2D eigenvalue weighted by atomic mass is 10.2. The zero-order chi connectivity index (χ0) is 19.1. The van der Waals surface area contributed by atoms with Gasteiger partial charge in [0.2, 0.25) is 0 Å². The predicted molar refractivity (Wildman–Crippen MR) is 102 cm³/mol. The SMILES string of the molecule is CCOc1ccc(C(=O)OCC(=O)Nc2ccc(C)cc2Br)cc1OC. The predicted octanol–water partition coefficient (Wildman–Crippen LogP) is 3.96. The first-order valence-electron chi connectivity index (χ1n) is 7.98. The van der Waals surface area contributed by atoms with Crippen molar-refractivity contribution in [3.63, 3.8) is 0 Å². The monoisotopic (exact) mass is 421 g/mol. The highest BCUT2D eigenvalue weighted by Crippen LogP contribution is 2.28. The molecule has 138 valence electrons. The van der Waals surface area contributed by atoms with Crippen molar-refractivity contribution < 1.29 is 23.8 Å². The molecule has 0 aliphatic rings. The van der Waals surface area contributed by atoms with Crippen LogP contribution in [0.25, 0.3) is 0 Å². The van der Waals surface area contributed by atoms with Crippen molar-refractivity contribution in [3.8, 4) is 11.5 Å². The largest absolute Gasteiger partial charge is 0.493 e. The summed E-state index contributed by atoms with van der Waals surface area (Å²) in [6.45, 7) is 3.89. The van der Waals surface area contributed by atoms with E-state index in [1.807, 2.05) is 26.0 Å². The molecular formula is C19H20BrNO5. The van der Waals surface area contributed by atoms with Crippen LogP contribution in [0.15, 0.2) is 40.9 Å². The van der Waals surface area contributed by atoms with E-state index >= 15 is 0 Å². The second-order valence-electron chi connectivity index (χ2n) is 5.41. The Bertz CT molecular complexity index is 807. The van der Waals surface area contributed by atoms with Gasteiger partial charge in [0.1, 0.15) is 0 Å². The molecule has 0 unspecified atom stereocenters. The third-order valence-corrected chi connectivity index (χ3v) is 4.09. The summed E-state index contributed by atoms with van der Waals surface area (Å²) in [5.74, 6) is -0.0897. The van der Waals surface area contributed by atoms with E-state index in [1.165, 1.54) is 13.2 Å². The number of nitrogens with one attached hydrogen (secondary N) is 1. The van der Waals surface area contributed by atoms with Gasteiger partial charge in [0.15, 0.2) is 18.1 Å². The maximum absolute atomic E-state index is 12.1. The van der Waals surface area contributed by atoms with Crippen LogP contribution in [-0.4, -0.2) is 32.2 Å². The van der Waals surface area contributed by atoms with Crippen LogP contribution in [0.1, 0.15) is 22.8 Å². The summed E-state index contributed by atoms with van der Waals surface area (Å²) in [6.07, 6.45) is 0.